The van der Waals surface area contributed by atoms with E-state index in [1.54, 1.807) is 14.2 Å². The molecular formula is C38H39NO3Si. The molecule has 1 unspecified atom stereocenters. The Morgan fingerprint density at radius 2 is 1.23 bits per heavy atom. The number of nitrogens with zero attached hydrogens (tertiary/aromatic N) is 1. The quantitative estimate of drug-likeness (QED) is 0.272. The molecule has 0 fully saturated rings. The van der Waals surface area contributed by atoms with E-state index in [4.69, 9.17) is 14.2 Å². The van der Waals surface area contributed by atoms with Crippen molar-refractivity contribution in [1.29, 1.82) is 0 Å². The van der Waals surface area contributed by atoms with Crippen LogP contribution in [0.5, 0.6) is 11.5 Å². The molecule has 5 aromatic rings. The lowest BCUT2D eigenvalue weighted by molar-refractivity contribution is 0.0579. The second-order valence-corrected chi connectivity index (χ2v) is 15.0. The number of benzene rings is 5. The predicted molar refractivity (Wildman–Crippen MR) is 178 cm³/mol. The van der Waals surface area contributed by atoms with Crippen molar-refractivity contribution in [2.75, 3.05) is 27.9 Å². The van der Waals surface area contributed by atoms with Gasteiger partial charge in [-0.1, -0.05) is 115 Å². The SMILES string of the molecule is COc1cc2c(cc1OC)[Si](c1ccccc1)(c1ccccc1)c1ccccc1COCC(Cc1ccccc1)N(C)C2. The highest BCUT2D eigenvalue weighted by Gasteiger charge is 2.45. The first-order valence-electron chi connectivity index (χ1n) is 14.9. The summed E-state index contributed by atoms with van der Waals surface area (Å²) in [4.78, 5) is 2.45. The first-order chi connectivity index (χ1) is 21.1. The lowest BCUT2D eigenvalue weighted by atomic mass is 10.0. The third-order valence-corrected chi connectivity index (χ3v) is 13.7. The average molecular weight is 586 g/mol. The van der Waals surface area contributed by atoms with E-state index in [1.807, 2.05) is 0 Å². The third-order valence-electron chi connectivity index (χ3n) is 8.77. The Kier molecular flexibility index (Phi) is 8.75. The summed E-state index contributed by atoms with van der Waals surface area (Å²) in [5.41, 5.74) is 3.78. The van der Waals surface area contributed by atoms with Crippen molar-refractivity contribution >= 4 is 28.8 Å². The smallest absolute Gasteiger partial charge is 0.180 e. The van der Waals surface area contributed by atoms with Gasteiger partial charge in [0.05, 0.1) is 27.4 Å². The van der Waals surface area contributed by atoms with Gasteiger partial charge in [0.25, 0.3) is 0 Å². The van der Waals surface area contributed by atoms with Gasteiger partial charge >= 0.3 is 0 Å². The molecule has 0 radical (unpaired) electrons. The molecule has 0 spiro atoms. The maximum absolute atomic E-state index is 6.63. The van der Waals surface area contributed by atoms with Gasteiger partial charge in [-0.15, -0.1) is 0 Å². The van der Waals surface area contributed by atoms with Crippen LogP contribution >= 0.6 is 0 Å². The van der Waals surface area contributed by atoms with Crippen molar-refractivity contribution in [2.45, 2.75) is 25.6 Å². The number of fused-ring (bicyclic) bond motifs is 2. The lowest BCUT2D eigenvalue weighted by Gasteiger charge is -2.38. The molecule has 0 saturated heterocycles. The number of likely N-dealkylation sites (N-methyl/N-ethyl adjacent to an activating group) is 1. The van der Waals surface area contributed by atoms with Gasteiger partial charge in [0.1, 0.15) is 0 Å². The van der Waals surface area contributed by atoms with Gasteiger partial charge in [0, 0.05) is 12.6 Å². The minimum atomic E-state index is -2.89. The molecule has 6 rings (SSSR count). The third kappa shape index (κ3) is 5.64. The van der Waals surface area contributed by atoms with E-state index >= 15 is 0 Å². The van der Waals surface area contributed by atoms with Gasteiger partial charge in [-0.25, -0.2) is 0 Å². The van der Waals surface area contributed by atoms with Crippen molar-refractivity contribution < 1.29 is 14.2 Å². The molecule has 0 amide bonds. The van der Waals surface area contributed by atoms with Crippen LogP contribution in [0.2, 0.25) is 0 Å². The highest BCUT2D eigenvalue weighted by Crippen LogP contribution is 2.30. The van der Waals surface area contributed by atoms with Gasteiger partial charge in [-0.3, -0.25) is 4.90 Å². The highest BCUT2D eigenvalue weighted by atomic mass is 28.3. The standard InChI is InChI=1S/C38H39NO3Si/c1-39-26-31-24-35(40-2)36(41-3)25-38(31)43(33-18-9-5-10-19-33,34-20-11-6-12-21-34)37-22-14-13-17-30(37)27-42-28-32(39)23-29-15-7-4-8-16-29/h4-22,24-25,32H,23,26-28H2,1-3H3. The number of methoxy groups -OCH3 is 2. The normalized spacial score (nSPS) is 16.8. The Morgan fingerprint density at radius 1 is 0.674 bits per heavy atom. The van der Waals surface area contributed by atoms with Crippen LogP contribution in [0.4, 0.5) is 0 Å². The fraction of sp³-hybridized carbons (Fsp3) is 0.211. The first kappa shape index (κ1) is 28.9. The second-order valence-electron chi connectivity index (χ2n) is 11.3. The molecule has 0 bridgehead atoms. The van der Waals surface area contributed by atoms with E-state index in [1.165, 1.54) is 37.4 Å². The topological polar surface area (TPSA) is 30.9 Å². The molecule has 4 nitrogen and oxygen atoms in total. The molecule has 0 aromatic heterocycles. The molecule has 0 aliphatic carbocycles. The molecule has 0 saturated carbocycles. The van der Waals surface area contributed by atoms with E-state index in [2.05, 4.69) is 139 Å². The summed E-state index contributed by atoms with van der Waals surface area (Å²) in [6, 6.07) is 46.4. The molecule has 0 N–H and O–H groups in total. The largest absolute Gasteiger partial charge is 0.493 e. The monoisotopic (exact) mass is 585 g/mol. The van der Waals surface area contributed by atoms with Crippen LogP contribution in [0.15, 0.2) is 127 Å². The van der Waals surface area contributed by atoms with Crippen LogP contribution in [0.3, 0.4) is 0 Å². The van der Waals surface area contributed by atoms with Crippen molar-refractivity contribution in [1.82, 2.24) is 4.90 Å². The van der Waals surface area contributed by atoms with Gasteiger partial charge in [0.15, 0.2) is 19.6 Å². The number of hydrogen-bond donors (Lipinski definition) is 0. The highest BCUT2D eigenvalue weighted by molar-refractivity contribution is 7.20. The number of rotatable bonds is 6. The second kappa shape index (κ2) is 13.0. The van der Waals surface area contributed by atoms with E-state index in [0.29, 0.717) is 13.2 Å². The molecule has 1 heterocycles. The van der Waals surface area contributed by atoms with Gasteiger partial charge in [-0.2, -0.15) is 0 Å². The van der Waals surface area contributed by atoms with Gasteiger partial charge in [-0.05, 0) is 63.0 Å². The predicted octanol–water partition coefficient (Wildman–Crippen LogP) is 4.65. The van der Waals surface area contributed by atoms with Crippen LogP contribution in [-0.4, -0.2) is 46.9 Å². The van der Waals surface area contributed by atoms with Crippen molar-refractivity contribution in [2.24, 2.45) is 0 Å². The fourth-order valence-electron chi connectivity index (χ4n) is 6.65. The van der Waals surface area contributed by atoms with E-state index < -0.39 is 8.07 Å². The summed E-state index contributed by atoms with van der Waals surface area (Å²) in [7, 11) is 2.78. The molecule has 1 aliphatic rings. The summed E-state index contributed by atoms with van der Waals surface area (Å²) in [5.74, 6) is 1.50. The summed E-state index contributed by atoms with van der Waals surface area (Å²) < 4.78 is 18.5. The van der Waals surface area contributed by atoms with Crippen LogP contribution < -0.4 is 30.2 Å². The Morgan fingerprint density at radius 3 is 1.86 bits per heavy atom. The molecule has 1 aliphatic heterocycles. The fourth-order valence-corrected chi connectivity index (χ4v) is 11.9. The minimum absolute atomic E-state index is 0.193. The zero-order valence-electron chi connectivity index (χ0n) is 25.2. The van der Waals surface area contributed by atoms with Crippen LogP contribution in [-0.2, 0) is 24.3 Å². The first-order valence-corrected chi connectivity index (χ1v) is 16.9. The van der Waals surface area contributed by atoms with Crippen LogP contribution in [0.1, 0.15) is 16.7 Å². The Balaban J connectivity index is 1.67. The average Bonchev–Trinajstić information content (AvgIpc) is 3.08. The molecule has 5 heteroatoms. The zero-order valence-corrected chi connectivity index (χ0v) is 26.2. The zero-order chi connectivity index (χ0) is 29.6. The van der Waals surface area contributed by atoms with Gasteiger partial charge in [0.2, 0.25) is 0 Å². The molecule has 1 atom stereocenters. The Labute approximate surface area is 256 Å². The summed E-state index contributed by atoms with van der Waals surface area (Å²) >= 11 is 0. The summed E-state index contributed by atoms with van der Waals surface area (Å²) in [5, 5.41) is 5.29. The van der Waals surface area contributed by atoms with Crippen molar-refractivity contribution in [3.05, 3.63) is 144 Å². The molecule has 5 aromatic carbocycles. The molecular weight excluding hydrogens is 547 g/mol. The van der Waals surface area contributed by atoms with Crippen LogP contribution in [0, 0.1) is 0 Å². The maximum Gasteiger partial charge on any atom is 0.180 e. The van der Waals surface area contributed by atoms with Crippen LogP contribution in [0.25, 0.3) is 0 Å². The summed E-state index contributed by atoms with van der Waals surface area (Å²) in [6.07, 6.45) is 0.904. The Bertz CT molecular complexity index is 1600. The minimum Gasteiger partial charge on any atom is -0.493 e. The molecule has 218 valence electrons. The van der Waals surface area contributed by atoms with E-state index in [-0.39, 0.29) is 6.04 Å². The van der Waals surface area contributed by atoms with Gasteiger partial charge < -0.3 is 14.2 Å². The lowest BCUT2D eigenvalue weighted by Crippen LogP contribution is -2.76. The number of hydrogen-bond acceptors (Lipinski definition) is 4. The van der Waals surface area contributed by atoms with E-state index in [9.17, 15) is 0 Å². The molecule has 43 heavy (non-hydrogen) atoms. The van der Waals surface area contributed by atoms with E-state index in [0.717, 1.165) is 24.5 Å². The Hall–Kier alpha value is -4.16. The number of ether oxygens (including phenoxy) is 3. The summed E-state index contributed by atoms with van der Waals surface area (Å²) in [6.45, 7) is 1.92. The van der Waals surface area contributed by atoms with Crippen molar-refractivity contribution in [3.63, 3.8) is 0 Å². The van der Waals surface area contributed by atoms with Crippen molar-refractivity contribution in [3.8, 4) is 11.5 Å². The maximum atomic E-state index is 6.63.